The lowest BCUT2D eigenvalue weighted by Crippen LogP contribution is -2.49. The molecule has 202 valence electrons. The summed E-state index contributed by atoms with van der Waals surface area (Å²) < 4.78 is 35.4. The number of esters is 1. The van der Waals surface area contributed by atoms with Crippen LogP contribution in [0.25, 0.3) is 6.08 Å². The molecule has 0 fully saturated rings. The summed E-state index contributed by atoms with van der Waals surface area (Å²) in [5.74, 6) is -1.41. The molecule has 1 aromatic carbocycles. The molecule has 0 unspecified atom stereocenters. The zero-order chi connectivity index (χ0) is 27.5. The second-order valence-corrected chi connectivity index (χ2v) is 12.4. The second kappa shape index (κ2) is 11.1. The third-order valence-electron chi connectivity index (χ3n) is 5.81. The third kappa shape index (κ3) is 6.98. The van der Waals surface area contributed by atoms with Gasteiger partial charge in [-0.25, -0.2) is 13.4 Å². The molecule has 11 heteroatoms. The number of carboxylic acids is 1. The van der Waals surface area contributed by atoms with E-state index in [2.05, 4.69) is 10.3 Å². The number of ether oxygens (including phenoxy) is 1. The molecule has 10 nitrogen and oxygen atoms in total. The molecule has 0 aliphatic carbocycles. The SMILES string of the molecule is Cc1nc2c(n1Cc1ccc(S(=O)(=O)N(CC(=O)OC(C)(C)C)[C@@H](CC(C)C)C(=O)O)cc1)C=CNC2. The minimum Gasteiger partial charge on any atom is -0.480 e. The Morgan fingerprint density at radius 1 is 1.22 bits per heavy atom. The zero-order valence-electron chi connectivity index (χ0n) is 22.2. The van der Waals surface area contributed by atoms with E-state index < -0.39 is 40.1 Å². The van der Waals surface area contributed by atoms with Crippen LogP contribution in [0.15, 0.2) is 35.4 Å². The van der Waals surface area contributed by atoms with Crippen LogP contribution in [0.2, 0.25) is 0 Å². The van der Waals surface area contributed by atoms with Crippen molar-refractivity contribution in [2.24, 2.45) is 5.92 Å². The molecule has 0 saturated carbocycles. The van der Waals surface area contributed by atoms with Crippen molar-refractivity contribution in [1.82, 2.24) is 19.2 Å². The van der Waals surface area contributed by atoms with Gasteiger partial charge in [-0.3, -0.25) is 9.59 Å². The number of hydrogen-bond acceptors (Lipinski definition) is 7. The van der Waals surface area contributed by atoms with Crippen molar-refractivity contribution < 1.29 is 27.9 Å². The zero-order valence-corrected chi connectivity index (χ0v) is 23.0. The standard InChI is InChI=1S/C26H36N4O6S/c1-17(2)13-23(25(32)33)30(16-24(31)36-26(4,5)6)37(34,35)20-9-7-19(8-10-20)15-29-18(3)28-21-14-27-12-11-22(21)29/h7-12,17,23,27H,13-16H2,1-6H3,(H,32,33)/t23-/m0/s1. The predicted molar refractivity (Wildman–Crippen MR) is 139 cm³/mol. The van der Waals surface area contributed by atoms with Gasteiger partial charge in [0.15, 0.2) is 0 Å². The number of nitrogens with zero attached hydrogens (tertiary/aromatic N) is 3. The summed E-state index contributed by atoms with van der Waals surface area (Å²) in [5.41, 5.74) is 1.95. The lowest BCUT2D eigenvalue weighted by molar-refractivity contribution is -0.156. The van der Waals surface area contributed by atoms with Crippen LogP contribution >= 0.6 is 0 Å². The fourth-order valence-corrected chi connectivity index (χ4v) is 5.73. The minimum atomic E-state index is -4.33. The first kappa shape index (κ1) is 28.4. The molecule has 3 rings (SSSR count). The molecule has 1 aromatic heterocycles. The summed E-state index contributed by atoms with van der Waals surface area (Å²) in [6, 6.07) is 4.84. The smallest absolute Gasteiger partial charge is 0.322 e. The number of fused-ring (bicyclic) bond motifs is 1. The quantitative estimate of drug-likeness (QED) is 0.446. The van der Waals surface area contributed by atoms with Gasteiger partial charge in [0.25, 0.3) is 0 Å². The van der Waals surface area contributed by atoms with Crippen LogP contribution in [-0.2, 0) is 37.4 Å². The molecular formula is C26H36N4O6S. The van der Waals surface area contributed by atoms with E-state index in [-0.39, 0.29) is 17.2 Å². The molecule has 0 spiro atoms. The number of carboxylic acid groups (broad SMARTS) is 1. The van der Waals surface area contributed by atoms with Crippen LogP contribution in [0.1, 0.15) is 63.8 Å². The molecule has 2 aromatic rings. The number of sulfonamides is 1. The lowest BCUT2D eigenvalue weighted by atomic mass is 10.0. The van der Waals surface area contributed by atoms with Crippen molar-refractivity contribution in [1.29, 1.82) is 0 Å². The monoisotopic (exact) mass is 532 g/mol. The number of carbonyl (C=O) groups is 2. The number of rotatable bonds is 10. The number of aromatic nitrogens is 2. The summed E-state index contributed by atoms with van der Waals surface area (Å²) in [5, 5.41) is 13.0. The first-order valence-corrected chi connectivity index (χ1v) is 13.6. The Kier molecular flexibility index (Phi) is 8.49. The van der Waals surface area contributed by atoms with Gasteiger partial charge < -0.3 is 19.7 Å². The van der Waals surface area contributed by atoms with Crippen molar-refractivity contribution in [3.63, 3.8) is 0 Å². The molecule has 1 aliphatic heterocycles. The van der Waals surface area contributed by atoms with E-state index in [1.54, 1.807) is 46.8 Å². The highest BCUT2D eigenvalue weighted by Crippen LogP contribution is 2.25. The van der Waals surface area contributed by atoms with Crippen LogP contribution in [0.5, 0.6) is 0 Å². The number of carbonyl (C=O) groups excluding carboxylic acids is 1. The van der Waals surface area contributed by atoms with E-state index >= 15 is 0 Å². The molecule has 0 amide bonds. The first-order chi connectivity index (χ1) is 17.2. The van der Waals surface area contributed by atoms with Gasteiger partial charge in [0.1, 0.15) is 24.0 Å². The van der Waals surface area contributed by atoms with E-state index in [4.69, 9.17) is 4.74 Å². The van der Waals surface area contributed by atoms with Crippen LogP contribution in [0.4, 0.5) is 0 Å². The average Bonchev–Trinajstić information content (AvgIpc) is 3.10. The van der Waals surface area contributed by atoms with Crippen molar-refractivity contribution in [3.8, 4) is 0 Å². The van der Waals surface area contributed by atoms with Gasteiger partial charge >= 0.3 is 11.9 Å². The second-order valence-electron chi connectivity index (χ2n) is 10.6. The Morgan fingerprint density at radius 2 is 1.86 bits per heavy atom. The predicted octanol–water partition coefficient (Wildman–Crippen LogP) is 3.15. The van der Waals surface area contributed by atoms with E-state index in [1.165, 1.54) is 12.1 Å². The largest absolute Gasteiger partial charge is 0.480 e. The number of aryl methyl sites for hydroxylation is 1. The normalized spacial score (nSPS) is 14.4. The average molecular weight is 533 g/mol. The van der Waals surface area contributed by atoms with E-state index in [0.29, 0.717) is 13.1 Å². The number of benzene rings is 1. The summed E-state index contributed by atoms with van der Waals surface area (Å²) in [6.45, 7) is 10.9. The number of hydrogen-bond donors (Lipinski definition) is 2. The Bertz CT molecular complexity index is 1270. The third-order valence-corrected chi connectivity index (χ3v) is 7.67. The van der Waals surface area contributed by atoms with Crippen LogP contribution < -0.4 is 5.32 Å². The van der Waals surface area contributed by atoms with Gasteiger partial charge in [0, 0.05) is 6.54 Å². The molecule has 0 bridgehead atoms. The maximum atomic E-state index is 13.7. The Labute approximate surface area is 218 Å². The Morgan fingerprint density at radius 3 is 2.43 bits per heavy atom. The fourth-order valence-electron chi connectivity index (χ4n) is 4.19. The van der Waals surface area contributed by atoms with E-state index in [1.807, 2.05) is 23.8 Å². The van der Waals surface area contributed by atoms with Crippen molar-refractivity contribution in [2.75, 3.05) is 6.54 Å². The molecule has 2 N–H and O–H groups in total. The van der Waals surface area contributed by atoms with Crippen LogP contribution in [0.3, 0.4) is 0 Å². The molecule has 1 aliphatic rings. The van der Waals surface area contributed by atoms with Crippen LogP contribution in [0, 0.1) is 12.8 Å². The minimum absolute atomic E-state index is 0.0445. The van der Waals surface area contributed by atoms with Crippen molar-refractivity contribution in [2.45, 2.75) is 77.6 Å². The van der Waals surface area contributed by atoms with Gasteiger partial charge in [-0.15, -0.1) is 0 Å². The van der Waals surface area contributed by atoms with Crippen LogP contribution in [-0.4, -0.2) is 57.5 Å². The number of imidazole rings is 1. The number of nitrogens with one attached hydrogen (secondary N) is 1. The molecular weight excluding hydrogens is 496 g/mol. The topological polar surface area (TPSA) is 131 Å². The summed E-state index contributed by atoms with van der Waals surface area (Å²) >= 11 is 0. The number of aliphatic carboxylic acids is 1. The highest BCUT2D eigenvalue weighted by molar-refractivity contribution is 7.89. The first-order valence-electron chi connectivity index (χ1n) is 12.2. The Balaban J connectivity index is 1.92. The molecule has 0 saturated heterocycles. The molecule has 0 radical (unpaired) electrons. The molecule has 1 atom stereocenters. The molecule has 2 heterocycles. The summed E-state index contributed by atoms with van der Waals surface area (Å²) in [6.07, 6.45) is 3.86. The lowest BCUT2D eigenvalue weighted by Gasteiger charge is -2.30. The van der Waals surface area contributed by atoms with Crippen molar-refractivity contribution in [3.05, 3.63) is 53.2 Å². The molecule has 37 heavy (non-hydrogen) atoms. The maximum Gasteiger partial charge on any atom is 0.322 e. The highest BCUT2D eigenvalue weighted by atomic mass is 32.2. The van der Waals surface area contributed by atoms with Crippen molar-refractivity contribution >= 4 is 28.0 Å². The summed E-state index contributed by atoms with van der Waals surface area (Å²) in [7, 11) is -4.33. The highest BCUT2D eigenvalue weighted by Gasteiger charge is 2.38. The van der Waals surface area contributed by atoms with E-state index in [9.17, 15) is 23.1 Å². The van der Waals surface area contributed by atoms with Gasteiger partial charge in [-0.05, 0) is 70.0 Å². The van der Waals surface area contributed by atoms with Gasteiger partial charge in [-0.2, -0.15) is 4.31 Å². The summed E-state index contributed by atoms with van der Waals surface area (Å²) in [4.78, 5) is 29.2. The Hall–Kier alpha value is -3.18. The fraction of sp³-hybridized carbons (Fsp3) is 0.500. The van der Waals surface area contributed by atoms with E-state index in [0.717, 1.165) is 27.1 Å². The van der Waals surface area contributed by atoms with Gasteiger partial charge in [-0.1, -0.05) is 26.0 Å². The van der Waals surface area contributed by atoms with Gasteiger partial charge in [0.2, 0.25) is 10.0 Å². The maximum absolute atomic E-state index is 13.7. The van der Waals surface area contributed by atoms with Gasteiger partial charge in [0.05, 0.1) is 22.8 Å².